The van der Waals surface area contributed by atoms with Crippen molar-refractivity contribution < 1.29 is 23.9 Å². The molecule has 0 rings (SSSR count). The van der Waals surface area contributed by atoms with Crippen molar-refractivity contribution >= 4 is 17.7 Å². The van der Waals surface area contributed by atoms with Crippen LogP contribution in [0.1, 0.15) is 40.5 Å². The quantitative estimate of drug-likeness (QED) is 0.390. The Kier molecular flexibility index (Phi) is 6.37. The highest BCUT2D eigenvalue weighted by Gasteiger charge is 2.28. The van der Waals surface area contributed by atoms with Crippen LogP contribution >= 0.6 is 0 Å². The molecule has 0 radical (unpaired) electrons. The van der Waals surface area contributed by atoms with E-state index < -0.39 is 17.7 Å². The molecule has 0 saturated carbocycles. The van der Waals surface area contributed by atoms with Crippen molar-refractivity contribution in [3.8, 4) is 0 Å². The molecule has 0 saturated heterocycles. The van der Waals surface area contributed by atoms with E-state index in [1.54, 1.807) is 27.7 Å². The number of Topliss-reactive ketones (excluding diaryl/α,β-unsaturated/α-hetero) is 1. The number of carbonyl (C=O) groups excluding carboxylic acids is 3. The highest BCUT2D eigenvalue weighted by atomic mass is 16.6. The lowest BCUT2D eigenvalue weighted by molar-refractivity contribution is -0.168. The van der Waals surface area contributed by atoms with E-state index >= 15 is 0 Å². The molecule has 92 valence electrons. The minimum Gasteiger partial charge on any atom is -0.456 e. The van der Waals surface area contributed by atoms with Gasteiger partial charge in [0.25, 0.3) is 0 Å². The van der Waals surface area contributed by atoms with Crippen molar-refractivity contribution in [3.05, 3.63) is 0 Å². The van der Waals surface area contributed by atoms with Gasteiger partial charge >= 0.3 is 17.7 Å². The summed E-state index contributed by atoms with van der Waals surface area (Å²) in [6.45, 7) is 6.90. The van der Waals surface area contributed by atoms with E-state index in [2.05, 4.69) is 0 Å². The largest absolute Gasteiger partial charge is 0.456 e. The average Bonchev–Trinajstić information content (AvgIpc) is 2.27. The number of hydrogen-bond acceptors (Lipinski definition) is 5. The van der Waals surface area contributed by atoms with Crippen LogP contribution in [0.4, 0.5) is 0 Å². The maximum Gasteiger partial charge on any atom is 0.387 e. The van der Waals surface area contributed by atoms with Gasteiger partial charge in [-0.15, -0.1) is 0 Å². The van der Waals surface area contributed by atoms with Gasteiger partial charge in [-0.05, 0) is 26.7 Å². The van der Waals surface area contributed by atoms with Crippen LogP contribution in [-0.4, -0.2) is 29.9 Å². The minimum atomic E-state index is -1.25. The maximum absolute atomic E-state index is 11.2. The first-order chi connectivity index (χ1) is 7.42. The standard InChI is InChI=1S/C11H18O5/c1-5-7(3)15-10(13)9(12)11(14)16-8(4)6-2/h7-8H,5-6H2,1-4H3. The molecule has 5 nitrogen and oxygen atoms in total. The maximum atomic E-state index is 11.2. The molecule has 5 heteroatoms. The first-order valence-electron chi connectivity index (χ1n) is 5.38. The Balaban J connectivity index is 4.23. The topological polar surface area (TPSA) is 69.7 Å². The summed E-state index contributed by atoms with van der Waals surface area (Å²) in [7, 11) is 0. The molecule has 0 aromatic rings. The molecule has 2 unspecified atom stereocenters. The van der Waals surface area contributed by atoms with Crippen LogP contribution in [0.3, 0.4) is 0 Å². The van der Waals surface area contributed by atoms with E-state index in [0.29, 0.717) is 12.8 Å². The highest BCUT2D eigenvalue weighted by Crippen LogP contribution is 2.00. The van der Waals surface area contributed by atoms with E-state index in [4.69, 9.17) is 9.47 Å². The molecule has 0 aromatic heterocycles. The lowest BCUT2D eigenvalue weighted by atomic mass is 10.3. The highest BCUT2D eigenvalue weighted by molar-refractivity contribution is 6.60. The second kappa shape index (κ2) is 6.98. The van der Waals surface area contributed by atoms with Crippen LogP contribution in [0, 0.1) is 0 Å². The van der Waals surface area contributed by atoms with Gasteiger partial charge < -0.3 is 9.47 Å². The second-order valence-electron chi connectivity index (χ2n) is 3.58. The molecule has 0 aliphatic carbocycles. The summed E-state index contributed by atoms with van der Waals surface area (Å²) in [6.07, 6.45) is 0.402. The van der Waals surface area contributed by atoms with Gasteiger partial charge in [-0.2, -0.15) is 0 Å². The molecule has 0 spiro atoms. The Bertz CT molecular complexity index is 246. The van der Waals surface area contributed by atoms with Gasteiger partial charge in [0.2, 0.25) is 0 Å². The van der Waals surface area contributed by atoms with Gasteiger partial charge in [0, 0.05) is 0 Å². The van der Waals surface area contributed by atoms with Gasteiger partial charge in [0.1, 0.15) is 0 Å². The number of hydrogen-bond donors (Lipinski definition) is 0. The van der Waals surface area contributed by atoms with Crippen LogP contribution < -0.4 is 0 Å². The minimum absolute atomic E-state index is 0.382. The molecule has 0 aliphatic heterocycles. The van der Waals surface area contributed by atoms with Gasteiger partial charge in [0.05, 0.1) is 12.2 Å². The Morgan fingerprint density at radius 2 is 1.19 bits per heavy atom. The predicted octanol–water partition coefficient (Wildman–Crippen LogP) is 1.24. The Labute approximate surface area is 95.1 Å². The van der Waals surface area contributed by atoms with Crippen molar-refractivity contribution in [1.82, 2.24) is 0 Å². The van der Waals surface area contributed by atoms with Gasteiger partial charge in [-0.3, -0.25) is 4.79 Å². The van der Waals surface area contributed by atoms with Gasteiger partial charge in [0.15, 0.2) is 0 Å². The molecule has 0 aromatic carbocycles. The van der Waals surface area contributed by atoms with E-state index in [0.717, 1.165) is 0 Å². The third-order valence-corrected chi connectivity index (χ3v) is 2.14. The van der Waals surface area contributed by atoms with Crippen LogP contribution in [0.25, 0.3) is 0 Å². The smallest absolute Gasteiger partial charge is 0.387 e. The number of esters is 2. The zero-order chi connectivity index (χ0) is 12.7. The van der Waals surface area contributed by atoms with E-state index in [-0.39, 0.29) is 12.2 Å². The molecule has 2 atom stereocenters. The van der Waals surface area contributed by atoms with Gasteiger partial charge in [-0.25, -0.2) is 9.59 Å². The predicted molar refractivity (Wildman–Crippen MR) is 56.7 cm³/mol. The van der Waals surface area contributed by atoms with Crippen molar-refractivity contribution in [1.29, 1.82) is 0 Å². The summed E-state index contributed by atoms with van der Waals surface area (Å²) in [5, 5.41) is 0. The number of ether oxygens (including phenoxy) is 2. The molecule has 0 aliphatic rings. The molecule has 0 heterocycles. The summed E-state index contributed by atoms with van der Waals surface area (Å²) in [5.74, 6) is -3.55. The molecule has 16 heavy (non-hydrogen) atoms. The van der Waals surface area contributed by atoms with Gasteiger partial charge in [-0.1, -0.05) is 13.8 Å². The zero-order valence-corrected chi connectivity index (χ0v) is 10.1. The average molecular weight is 230 g/mol. The molecule has 0 amide bonds. The molecular formula is C11H18O5. The van der Waals surface area contributed by atoms with E-state index in [9.17, 15) is 14.4 Å². The SMILES string of the molecule is CCC(C)OC(=O)C(=O)C(=O)OC(C)CC. The number of rotatable bonds is 6. The number of carbonyl (C=O) groups is 3. The summed E-state index contributed by atoms with van der Waals surface area (Å²) in [6, 6.07) is 0. The summed E-state index contributed by atoms with van der Waals surface area (Å²) in [5.41, 5.74) is 0. The lowest BCUT2D eigenvalue weighted by Gasteiger charge is -2.11. The zero-order valence-electron chi connectivity index (χ0n) is 10.1. The fourth-order valence-corrected chi connectivity index (χ4v) is 0.722. The van der Waals surface area contributed by atoms with E-state index in [1.807, 2.05) is 0 Å². The molecule has 0 N–H and O–H groups in total. The Hall–Kier alpha value is -1.39. The van der Waals surface area contributed by atoms with Crippen LogP contribution in [-0.2, 0) is 23.9 Å². The summed E-state index contributed by atoms with van der Waals surface area (Å²) < 4.78 is 9.42. The summed E-state index contributed by atoms with van der Waals surface area (Å²) >= 11 is 0. The second-order valence-corrected chi connectivity index (χ2v) is 3.58. The van der Waals surface area contributed by atoms with Crippen LogP contribution in [0.5, 0.6) is 0 Å². The molecule has 0 bridgehead atoms. The van der Waals surface area contributed by atoms with Crippen LogP contribution in [0.15, 0.2) is 0 Å². The molecular weight excluding hydrogens is 212 g/mol. The van der Waals surface area contributed by atoms with Crippen LogP contribution in [0.2, 0.25) is 0 Å². The summed E-state index contributed by atoms with van der Waals surface area (Å²) in [4.78, 5) is 33.5. The number of ketones is 1. The first-order valence-corrected chi connectivity index (χ1v) is 5.38. The van der Waals surface area contributed by atoms with Crippen molar-refractivity contribution in [2.75, 3.05) is 0 Å². The van der Waals surface area contributed by atoms with Crippen molar-refractivity contribution in [2.24, 2.45) is 0 Å². The monoisotopic (exact) mass is 230 g/mol. The van der Waals surface area contributed by atoms with Crippen molar-refractivity contribution in [2.45, 2.75) is 52.7 Å². The first kappa shape index (κ1) is 14.6. The Morgan fingerprint density at radius 1 is 0.875 bits per heavy atom. The fourth-order valence-electron chi connectivity index (χ4n) is 0.722. The third kappa shape index (κ3) is 4.91. The molecule has 0 fully saturated rings. The third-order valence-electron chi connectivity index (χ3n) is 2.14. The Morgan fingerprint density at radius 3 is 1.44 bits per heavy atom. The van der Waals surface area contributed by atoms with E-state index in [1.165, 1.54) is 0 Å². The fraction of sp³-hybridized carbons (Fsp3) is 0.727. The van der Waals surface area contributed by atoms with Crippen molar-refractivity contribution in [3.63, 3.8) is 0 Å². The normalized spacial score (nSPS) is 13.8. The lowest BCUT2D eigenvalue weighted by Crippen LogP contribution is -2.32.